The number of hydrogen-bond donors (Lipinski definition) is 1. The van der Waals surface area contributed by atoms with E-state index in [4.69, 9.17) is 10.5 Å². The van der Waals surface area contributed by atoms with E-state index in [2.05, 4.69) is 0 Å². The molecule has 1 heterocycles. The smallest absolute Gasteiger partial charge is 0.240 e. The van der Waals surface area contributed by atoms with Gasteiger partial charge in [-0.25, -0.2) is 4.39 Å². The summed E-state index contributed by atoms with van der Waals surface area (Å²) in [5.41, 5.74) is 8.05. The largest absolute Gasteiger partial charge is 0.367 e. The standard InChI is InChI=1S/C20H23FN2O2.ClH/c1-14-12-23(13-19(25-14)16-7-9-17(21)10-8-16)20(24)18(22)11-15-5-3-2-4-6-15;/h2-10,14,18-19H,11-13,22H2,1H3;1H/t14?,18-,19?;/m0./s1. The van der Waals surface area contributed by atoms with E-state index in [0.29, 0.717) is 19.5 Å². The SMILES string of the molecule is CC1CN(C(=O)[C@@H](N)Cc2ccccc2)CC(c2ccc(F)cc2)O1.Cl. The zero-order valence-electron chi connectivity index (χ0n) is 14.7. The summed E-state index contributed by atoms with van der Waals surface area (Å²) in [6, 6.07) is 15.4. The molecule has 3 rings (SSSR count). The topological polar surface area (TPSA) is 55.6 Å². The van der Waals surface area contributed by atoms with Crippen molar-refractivity contribution in [3.8, 4) is 0 Å². The Morgan fingerprint density at radius 2 is 1.85 bits per heavy atom. The highest BCUT2D eigenvalue weighted by atomic mass is 35.5. The second-order valence-electron chi connectivity index (χ2n) is 6.53. The Bertz CT molecular complexity index is 712. The predicted molar refractivity (Wildman–Crippen MR) is 102 cm³/mol. The van der Waals surface area contributed by atoms with E-state index in [9.17, 15) is 9.18 Å². The lowest BCUT2D eigenvalue weighted by molar-refractivity contribution is -0.146. The van der Waals surface area contributed by atoms with Crippen molar-refractivity contribution < 1.29 is 13.9 Å². The van der Waals surface area contributed by atoms with Crippen LogP contribution in [0.2, 0.25) is 0 Å². The van der Waals surface area contributed by atoms with Crippen molar-refractivity contribution in [2.24, 2.45) is 5.73 Å². The quantitative estimate of drug-likeness (QED) is 0.889. The van der Waals surface area contributed by atoms with E-state index in [-0.39, 0.29) is 36.3 Å². The van der Waals surface area contributed by atoms with Crippen LogP contribution in [0.15, 0.2) is 54.6 Å². The van der Waals surface area contributed by atoms with Gasteiger partial charge in [-0.1, -0.05) is 42.5 Å². The Labute approximate surface area is 159 Å². The highest BCUT2D eigenvalue weighted by Gasteiger charge is 2.31. The second-order valence-corrected chi connectivity index (χ2v) is 6.53. The van der Waals surface area contributed by atoms with Crippen molar-refractivity contribution in [1.82, 2.24) is 4.90 Å². The van der Waals surface area contributed by atoms with Gasteiger partial charge in [0.2, 0.25) is 5.91 Å². The lowest BCUT2D eigenvalue weighted by Crippen LogP contribution is -2.52. The molecule has 0 bridgehead atoms. The van der Waals surface area contributed by atoms with Gasteiger partial charge >= 0.3 is 0 Å². The molecule has 0 aromatic heterocycles. The molecule has 0 radical (unpaired) electrons. The molecule has 2 unspecified atom stereocenters. The number of nitrogens with two attached hydrogens (primary N) is 1. The Balaban J connectivity index is 0.00000243. The molecule has 1 amide bonds. The molecule has 2 aromatic rings. The fourth-order valence-corrected chi connectivity index (χ4v) is 3.18. The summed E-state index contributed by atoms with van der Waals surface area (Å²) < 4.78 is 19.1. The predicted octanol–water partition coefficient (Wildman–Crippen LogP) is 3.11. The number of ether oxygens (including phenoxy) is 1. The van der Waals surface area contributed by atoms with E-state index < -0.39 is 6.04 Å². The molecule has 140 valence electrons. The number of hydrogen-bond acceptors (Lipinski definition) is 3. The minimum absolute atomic E-state index is 0. The number of halogens is 2. The maximum atomic E-state index is 13.1. The second kappa shape index (κ2) is 9.12. The van der Waals surface area contributed by atoms with Gasteiger partial charge in [0.05, 0.1) is 18.7 Å². The highest BCUT2D eigenvalue weighted by molar-refractivity contribution is 5.85. The van der Waals surface area contributed by atoms with Crippen LogP contribution in [-0.4, -0.2) is 36.0 Å². The van der Waals surface area contributed by atoms with E-state index in [1.54, 1.807) is 17.0 Å². The van der Waals surface area contributed by atoms with Crippen LogP contribution in [0.3, 0.4) is 0 Å². The fourth-order valence-electron chi connectivity index (χ4n) is 3.18. The van der Waals surface area contributed by atoms with Crippen LogP contribution in [0.25, 0.3) is 0 Å². The number of amides is 1. The number of nitrogens with zero attached hydrogens (tertiary/aromatic N) is 1. The van der Waals surface area contributed by atoms with Gasteiger partial charge in [-0.05, 0) is 36.6 Å². The van der Waals surface area contributed by atoms with Crippen LogP contribution in [0.5, 0.6) is 0 Å². The van der Waals surface area contributed by atoms with Crippen molar-refractivity contribution >= 4 is 18.3 Å². The first kappa shape index (κ1) is 20.4. The molecular formula is C20H24ClFN2O2. The van der Waals surface area contributed by atoms with E-state index in [1.165, 1.54) is 12.1 Å². The molecule has 1 saturated heterocycles. The van der Waals surface area contributed by atoms with Gasteiger partial charge in [-0.2, -0.15) is 0 Å². The van der Waals surface area contributed by atoms with Crippen LogP contribution in [-0.2, 0) is 16.0 Å². The number of rotatable bonds is 4. The fraction of sp³-hybridized carbons (Fsp3) is 0.350. The van der Waals surface area contributed by atoms with Crippen molar-refractivity contribution in [3.63, 3.8) is 0 Å². The Morgan fingerprint density at radius 3 is 2.50 bits per heavy atom. The summed E-state index contributed by atoms with van der Waals surface area (Å²) in [6.07, 6.45) is 0.140. The van der Waals surface area contributed by atoms with Crippen LogP contribution in [0.1, 0.15) is 24.2 Å². The average Bonchev–Trinajstić information content (AvgIpc) is 2.62. The minimum Gasteiger partial charge on any atom is -0.367 e. The maximum Gasteiger partial charge on any atom is 0.240 e. The van der Waals surface area contributed by atoms with Gasteiger partial charge in [-0.15, -0.1) is 12.4 Å². The molecular weight excluding hydrogens is 355 g/mol. The Kier molecular flexibility index (Phi) is 7.14. The first-order valence-corrected chi connectivity index (χ1v) is 8.52. The van der Waals surface area contributed by atoms with Crippen molar-refractivity contribution in [2.75, 3.05) is 13.1 Å². The van der Waals surface area contributed by atoms with Gasteiger partial charge in [0.15, 0.2) is 0 Å². The zero-order chi connectivity index (χ0) is 17.8. The average molecular weight is 379 g/mol. The normalized spacial score (nSPS) is 21.0. The van der Waals surface area contributed by atoms with E-state index >= 15 is 0 Å². The Morgan fingerprint density at radius 1 is 1.19 bits per heavy atom. The first-order chi connectivity index (χ1) is 12.0. The van der Waals surface area contributed by atoms with Crippen molar-refractivity contribution in [2.45, 2.75) is 31.6 Å². The molecule has 0 spiro atoms. The summed E-state index contributed by atoms with van der Waals surface area (Å²) >= 11 is 0. The van der Waals surface area contributed by atoms with Gasteiger partial charge in [0.1, 0.15) is 11.9 Å². The molecule has 1 aliphatic rings. The van der Waals surface area contributed by atoms with Gasteiger partial charge in [0, 0.05) is 6.54 Å². The molecule has 2 aromatic carbocycles. The van der Waals surface area contributed by atoms with E-state index in [0.717, 1.165) is 11.1 Å². The first-order valence-electron chi connectivity index (χ1n) is 8.52. The lowest BCUT2D eigenvalue weighted by atomic mass is 10.0. The third kappa shape index (κ3) is 5.04. The monoisotopic (exact) mass is 378 g/mol. The lowest BCUT2D eigenvalue weighted by Gasteiger charge is -2.38. The Hall–Kier alpha value is -1.95. The van der Waals surface area contributed by atoms with Gasteiger partial charge < -0.3 is 15.4 Å². The highest BCUT2D eigenvalue weighted by Crippen LogP contribution is 2.26. The third-order valence-corrected chi connectivity index (χ3v) is 4.43. The summed E-state index contributed by atoms with van der Waals surface area (Å²) in [4.78, 5) is 14.5. The summed E-state index contributed by atoms with van der Waals surface area (Å²) in [5.74, 6) is -0.364. The molecule has 0 saturated carbocycles. The molecule has 1 fully saturated rings. The third-order valence-electron chi connectivity index (χ3n) is 4.43. The van der Waals surface area contributed by atoms with Crippen LogP contribution in [0, 0.1) is 5.82 Å². The summed E-state index contributed by atoms with van der Waals surface area (Å²) in [7, 11) is 0. The van der Waals surface area contributed by atoms with Gasteiger partial charge in [-0.3, -0.25) is 4.79 Å². The van der Waals surface area contributed by atoms with Crippen molar-refractivity contribution in [3.05, 3.63) is 71.5 Å². The van der Waals surface area contributed by atoms with Crippen molar-refractivity contribution in [1.29, 1.82) is 0 Å². The molecule has 2 N–H and O–H groups in total. The number of benzene rings is 2. The molecule has 3 atom stereocenters. The summed E-state index contributed by atoms with van der Waals surface area (Å²) in [5, 5.41) is 0. The summed E-state index contributed by atoms with van der Waals surface area (Å²) in [6.45, 7) is 2.87. The number of carbonyl (C=O) groups is 1. The molecule has 4 nitrogen and oxygen atoms in total. The van der Waals surface area contributed by atoms with Crippen LogP contribution < -0.4 is 5.73 Å². The van der Waals surface area contributed by atoms with Crippen LogP contribution >= 0.6 is 12.4 Å². The van der Waals surface area contributed by atoms with Crippen LogP contribution in [0.4, 0.5) is 4.39 Å². The molecule has 26 heavy (non-hydrogen) atoms. The number of morpholine rings is 1. The number of carbonyl (C=O) groups excluding carboxylic acids is 1. The van der Waals surface area contributed by atoms with Gasteiger partial charge in [0.25, 0.3) is 0 Å². The molecule has 1 aliphatic heterocycles. The minimum atomic E-state index is -0.582. The maximum absolute atomic E-state index is 13.1. The molecule has 6 heteroatoms. The van der Waals surface area contributed by atoms with E-state index in [1.807, 2.05) is 37.3 Å². The zero-order valence-corrected chi connectivity index (χ0v) is 15.5. The molecule has 0 aliphatic carbocycles.